The van der Waals surface area contributed by atoms with E-state index < -0.39 is 0 Å². The van der Waals surface area contributed by atoms with Gasteiger partial charge in [0.25, 0.3) is 5.56 Å². The number of hydrogen-bond acceptors (Lipinski definition) is 3. The van der Waals surface area contributed by atoms with Crippen molar-refractivity contribution in [2.24, 2.45) is 0 Å². The summed E-state index contributed by atoms with van der Waals surface area (Å²) in [6.45, 7) is 4.12. The van der Waals surface area contributed by atoms with Crippen molar-refractivity contribution in [1.29, 1.82) is 0 Å². The monoisotopic (exact) mass is 234 g/mol. The Labute approximate surface area is 98.2 Å². The fourth-order valence-electron chi connectivity index (χ4n) is 1.50. The van der Waals surface area contributed by atoms with E-state index in [-0.39, 0.29) is 5.56 Å². The average Bonchev–Trinajstić information content (AvgIpc) is 2.76. The lowest BCUT2D eigenvalue weighted by atomic mass is 10.3. The summed E-state index contributed by atoms with van der Waals surface area (Å²) in [7, 11) is 0. The highest BCUT2D eigenvalue weighted by molar-refractivity contribution is 7.15. The lowest BCUT2D eigenvalue weighted by Crippen LogP contribution is -2.09. The van der Waals surface area contributed by atoms with Gasteiger partial charge in [-0.1, -0.05) is 13.8 Å². The summed E-state index contributed by atoms with van der Waals surface area (Å²) in [5.74, 6) is 0.689. The molecule has 0 unspecified atom stereocenters. The minimum absolute atomic E-state index is 0.0756. The Kier molecular flexibility index (Phi) is 3.19. The molecule has 0 radical (unpaired) electrons. The minimum Gasteiger partial charge on any atom is -0.306 e. The van der Waals surface area contributed by atoms with Crippen LogP contribution in [0.1, 0.15) is 24.4 Å². The van der Waals surface area contributed by atoms with E-state index in [1.807, 2.05) is 13.0 Å². The molecule has 0 atom stereocenters. The molecule has 2 aromatic rings. The zero-order valence-corrected chi connectivity index (χ0v) is 10.2. The first-order valence-corrected chi connectivity index (χ1v) is 6.24. The van der Waals surface area contributed by atoms with Crippen molar-refractivity contribution in [3.05, 3.63) is 39.1 Å². The molecular weight excluding hydrogens is 220 g/mol. The molecule has 0 saturated heterocycles. The highest BCUT2D eigenvalue weighted by atomic mass is 32.1. The maximum Gasteiger partial charge on any atom is 0.251 e. The smallest absolute Gasteiger partial charge is 0.251 e. The zero-order chi connectivity index (χ0) is 11.5. The van der Waals surface area contributed by atoms with Crippen molar-refractivity contribution in [3.8, 4) is 10.7 Å². The summed E-state index contributed by atoms with van der Waals surface area (Å²) in [5, 5.41) is 0. The third kappa shape index (κ3) is 2.22. The maximum absolute atomic E-state index is 11.4. The van der Waals surface area contributed by atoms with Crippen molar-refractivity contribution in [2.75, 3.05) is 0 Å². The quantitative estimate of drug-likeness (QED) is 0.887. The molecule has 3 nitrogen and oxygen atoms in total. The SMILES string of the molecule is CCc1cc(=O)[nH]c(-c2ccc(CC)s2)n1. The molecule has 2 aromatic heterocycles. The van der Waals surface area contributed by atoms with Crippen LogP contribution in [0.25, 0.3) is 10.7 Å². The molecule has 0 amide bonds. The topological polar surface area (TPSA) is 45.8 Å². The van der Waals surface area contributed by atoms with Gasteiger partial charge in [-0.25, -0.2) is 4.98 Å². The van der Waals surface area contributed by atoms with Gasteiger partial charge in [0.2, 0.25) is 0 Å². The Balaban J connectivity index is 2.46. The molecule has 0 aromatic carbocycles. The van der Waals surface area contributed by atoms with Gasteiger partial charge in [0.05, 0.1) is 4.88 Å². The largest absolute Gasteiger partial charge is 0.306 e. The predicted molar refractivity (Wildman–Crippen MR) is 66.9 cm³/mol. The van der Waals surface area contributed by atoms with Crippen LogP contribution in [0.15, 0.2) is 23.0 Å². The van der Waals surface area contributed by atoms with Crippen LogP contribution in [0.3, 0.4) is 0 Å². The van der Waals surface area contributed by atoms with Crippen LogP contribution in [0.2, 0.25) is 0 Å². The summed E-state index contributed by atoms with van der Waals surface area (Å²) in [6.07, 6.45) is 1.80. The number of rotatable bonds is 3. The zero-order valence-electron chi connectivity index (χ0n) is 9.41. The Morgan fingerprint density at radius 1 is 1.31 bits per heavy atom. The van der Waals surface area contributed by atoms with Gasteiger partial charge in [0.15, 0.2) is 0 Å². The van der Waals surface area contributed by atoms with E-state index in [4.69, 9.17) is 0 Å². The first kappa shape index (κ1) is 11.1. The molecule has 2 heterocycles. The van der Waals surface area contributed by atoms with Gasteiger partial charge in [-0.3, -0.25) is 4.79 Å². The van der Waals surface area contributed by atoms with E-state index in [2.05, 4.69) is 23.0 Å². The number of aromatic amines is 1. The van der Waals surface area contributed by atoms with Crippen molar-refractivity contribution in [2.45, 2.75) is 26.7 Å². The standard InChI is InChI=1S/C12H14N2OS/c1-3-8-7-11(15)14-12(13-8)10-6-5-9(4-2)16-10/h5-7H,3-4H2,1-2H3,(H,13,14,15). The molecule has 4 heteroatoms. The first-order valence-electron chi connectivity index (χ1n) is 5.42. The summed E-state index contributed by atoms with van der Waals surface area (Å²) in [6, 6.07) is 5.65. The summed E-state index contributed by atoms with van der Waals surface area (Å²) in [5.41, 5.74) is 0.762. The number of hydrogen-bond donors (Lipinski definition) is 1. The van der Waals surface area contributed by atoms with Crippen molar-refractivity contribution >= 4 is 11.3 Å². The molecule has 1 N–H and O–H groups in total. The second-order valence-electron chi connectivity index (χ2n) is 3.56. The summed E-state index contributed by atoms with van der Waals surface area (Å²) >= 11 is 1.68. The molecule has 16 heavy (non-hydrogen) atoms. The number of aryl methyl sites for hydroxylation is 2. The number of H-pyrrole nitrogens is 1. The Morgan fingerprint density at radius 3 is 2.75 bits per heavy atom. The van der Waals surface area contributed by atoms with Crippen LogP contribution < -0.4 is 5.56 Å². The van der Waals surface area contributed by atoms with Gasteiger partial charge >= 0.3 is 0 Å². The van der Waals surface area contributed by atoms with Gasteiger partial charge in [0.1, 0.15) is 5.82 Å². The summed E-state index contributed by atoms with van der Waals surface area (Å²) < 4.78 is 0. The van der Waals surface area contributed by atoms with Crippen molar-refractivity contribution in [3.63, 3.8) is 0 Å². The minimum atomic E-state index is -0.0756. The van der Waals surface area contributed by atoms with Crippen LogP contribution >= 0.6 is 11.3 Å². The number of thiophene rings is 1. The van der Waals surface area contributed by atoms with E-state index in [0.717, 1.165) is 23.4 Å². The second kappa shape index (κ2) is 4.61. The van der Waals surface area contributed by atoms with E-state index in [9.17, 15) is 4.79 Å². The van der Waals surface area contributed by atoms with Crippen LogP contribution in [0.5, 0.6) is 0 Å². The highest BCUT2D eigenvalue weighted by Crippen LogP contribution is 2.24. The van der Waals surface area contributed by atoms with Crippen LogP contribution in [0.4, 0.5) is 0 Å². The number of aromatic nitrogens is 2. The van der Waals surface area contributed by atoms with Gasteiger partial charge in [0, 0.05) is 16.6 Å². The average molecular weight is 234 g/mol. The second-order valence-corrected chi connectivity index (χ2v) is 4.73. The van der Waals surface area contributed by atoms with Gasteiger partial charge in [-0.05, 0) is 25.0 Å². The highest BCUT2D eigenvalue weighted by Gasteiger charge is 2.05. The normalized spacial score (nSPS) is 10.6. The Bertz CT molecular complexity index is 542. The van der Waals surface area contributed by atoms with Gasteiger partial charge in [-0.15, -0.1) is 11.3 Å². The molecule has 0 fully saturated rings. The number of nitrogens with zero attached hydrogens (tertiary/aromatic N) is 1. The predicted octanol–water partition coefficient (Wildman–Crippen LogP) is 2.62. The molecule has 0 aliphatic carbocycles. The molecule has 0 spiro atoms. The molecule has 84 valence electrons. The van der Waals surface area contributed by atoms with E-state index in [1.165, 1.54) is 4.88 Å². The van der Waals surface area contributed by atoms with Crippen molar-refractivity contribution in [1.82, 2.24) is 9.97 Å². The maximum atomic E-state index is 11.4. The van der Waals surface area contributed by atoms with Gasteiger partial charge in [-0.2, -0.15) is 0 Å². The Hall–Kier alpha value is -1.42. The van der Waals surface area contributed by atoms with E-state index in [1.54, 1.807) is 17.4 Å². The fraction of sp³-hybridized carbons (Fsp3) is 0.333. The molecule has 0 aliphatic rings. The molecule has 0 aliphatic heterocycles. The van der Waals surface area contributed by atoms with Gasteiger partial charge < -0.3 is 4.98 Å². The third-order valence-corrected chi connectivity index (χ3v) is 3.64. The molecular formula is C12H14N2OS. The van der Waals surface area contributed by atoms with Crippen LogP contribution in [-0.4, -0.2) is 9.97 Å². The molecule has 2 rings (SSSR count). The third-order valence-electron chi connectivity index (χ3n) is 2.40. The lowest BCUT2D eigenvalue weighted by Gasteiger charge is -1.99. The molecule has 0 bridgehead atoms. The van der Waals surface area contributed by atoms with Crippen LogP contribution in [0, 0.1) is 0 Å². The fourth-order valence-corrected chi connectivity index (χ4v) is 2.39. The van der Waals surface area contributed by atoms with Crippen LogP contribution in [-0.2, 0) is 12.8 Å². The first-order chi connectivity index (χ1) is 7.72. The summed E-state index contributed by atoms with van der Waals surface area (Å²) in [4.78, 5) is 21.0. The van der Waals surface area contributed by atoms with Crippen molar-refractivity contribution < 1.29 is 0 Å². The van der Waals surface area contributed by atoms with E-state index >= 15 is 0 Å². The number of nitrogens with one attached hydrogen (secondary N) is 1. The van der Waals surface area contributed by atoms with E-state index in [0.29, 0.717) is 5.82 Å². The lowest BCUT2D eigenvalue weighted by molar-refractivity contribution is 0.990. The molecule has 0 saturated carbocycles. The Morgan fingerprint density at radius 2 is 2.12 bits per heavy atom.